The van der Waals surface area contributed by atoms with E-state index in [0.29, 0.717) is 11.5 Å². The van der Waals surface area contributed by atoms with Crippen molar-refractivity contribution in [3.05, 3.63) is 17.9 Å². The summed E-state index contributed by atoms with van der Waals surface area (Å²) in [6, 6.07) is 0. The fourth-order valence-electron chi connectivity index (χ4n) is 1.22. The molecule has 3 heterocycles. The molecule has 67 valence electrons. The summed E-state index contributed by atoms with van der Waals surface area (Å²) in [6.45, 7) is 0. The number of aromatic nitrogens is 3. The minimum Gasteiger partial charge on any atom is -0.243 e. The summed E-state index contributed by atoms with van der Waals surface area (Å²) < 4.78 is 0. The summed E-state index contributed by atoms with van der Waals surface area (Å²) in [5.74, 6) is 0.616. The van der Waals surface area contributed by atoms with E-state index >= 15 is 0 Å². The molecule has 0 saturated heterocycles. The van der Waals surface area contributed by atoms with E-state index in [-0.39, 0.29) is 0 Å². The maximum absolute atomic E-state index is 4.18. The monoisotopic (exact) mass is 202 g/mol. The van der Waals surface area contributed by atoms with E-state index in [2.05, 4.69) is 25.3 Å². The van der Waals surface area contributed by atoms with Crippen molar-refractivity contribution < 1.29 is 0 Å². The van der Waals surface area contributed by atoms with E-state index in [1.165, 1.54) is 24.0 Å². The lowest BCUT2D eigenvalue weighted by Gasteiger charge is -1.98. The smallest absolute Gasteiger partial charge is 0.183 e. The zero-order valence-electron chi connectivity index (χ0n) is 6.95. The second-order valence-electron chi connectivity index (χ2n) is 2.61. The zero-order chi connectivity index (χ0) is 9.38. The number of nitrogens with zero attached hydrogens (tertiary/aromatic N) is 5. The highest BCUT2D eigenvalue weighted by Gasteiger charge is 2.17. The van der Waals surface area contributed by atoms with Gasteiger partial charge >= 0.3 is 0 Å². The molecule has 5 nitrogen and oxygen atoms in total. The average Bonchev–Trinajstić information content (AvgIpc) is 2.88. The van der Waals surface area contributed by atoms with Gasteiger partial charge in [0, 0.05) is 11.6 Å². The minimum absolute atomic E-state index is 0.616. The third-order valence-corrected chi connectivity index (χ3v) is 2.58. The van der Waals surface area contributed by atoms with E-state index in [0.717, 1.165) is 10.7 Å². The van der Waals surface area contributed by atoms with Crippen molar-refractivity contribution in [3.8, 4) is 10.7 Å². The van der Waals surface area contributed by atoms with Gasteiger partial charge in [-0.15, -0.1) is 11.3 Å². The standard InChI is InChI=1S/C8H4N5S/c1-2-14-8(9-1)6-5-7(12-3-10-5)13-4-11-6/h1-4H. The first-order valence-electron chi connectivity index (χ1n) is 3.93. The van der Waals surface area contributed by atoms with Gasteiger partial charge in [-0.1, -0.05) is 0 Å². The number of thiazole rings is 1. The van der Waals surface area contributed by atoms with Crippen molar-refractivity contribution in [1.29, 1.82) is 0 Å². The van der Waals surface area contributed by atoms with Gasteiger partial charge in [0.25, 0.3) is 0 Å². The first-order chi connectivity index (χ1) is 6.95. The molecule has 0 spiro atoms. The molecular weight excluding hydrogens is 198 g/mol. The number of fused-ring (bicyclic) bond motifs is 1. The van der Waals surface area contributed by atoms with Crippen molar-refractivity contribution >= 4 is 29.2 Å². The van der Waals surface area contributed by atoms with Gasteiger partial charge in [0.15, 0.2) is 5.82 Å². The van der Waals surface area contributed by atoms with Gasteiger partial charge in [-0.05, 0) is 0 Å². The van der Waals surface area contributed by atoms with E-state index in [9.17, 15) is 0 Å². The van der Waals surface area contributed by atoms with Gasteiger partial charge in [-0.25, -0.2) is 25.3 Å². The van der Waals surface area contributed by atoms with Crippen LogP contribution < -0.4 is 5.32 Å². The van der Waals surface area contributed by atoms with Crippen molar-refractivity contribution in [2.45, 2.75) is 0 Å². The van der Waals surface area contributed by atoms with Gasteiger partial charge < -0.3 is 0 Å². The Balaban J connectivity index is 2.24. The van der Waals surface area contributed by atoms with Crippen molar-refractivity contribution in [2.75, 3.05) is 0 Å². The molecule has 0 atom stereocenters. The van der Waals surface area contributed by atoms with E-state index in [4.69, 9.17) is 0 Å². The molecule has 2 aromatic heterocycles. The highest BCUT2D eigenvalue weighted by molar-refractivity contribution is 7.13. The molecule has 0 saturated carbocycles. The Hall–Kier alpha value is -1.82. The van der Waals surface area contributed by atoms with Crippen LogP contribution in [-0.2, 0) is 0 Å². The molecule has 0 N–H and O–H groups in total. The van der Waals surface area contributed by atoms with Crippen LogP contribution in [0.4, 0.5) is 11.5 Å². The summed E-state index contributed by atoms with van der Waals surface area (Å²) >= 11 is 1.53. The summed E-state index contributed by atoms with van der Waals surface area (Å²) in [5.41, 5.74) is 1.46. The SMILES string of the molecule is C1=Nc2c(ncnc2-c2nccs2)[N]1. The first-order valence-corrected chi connectivity index (χ1v) is 4.81. The fourth-order valence-corrected chi connectivity index (χ4v) is 1.85. The fraction of sp³-hybridized carbons (Fsp3) is 0. The van der Waals surface area contributed by atoms with Gasteiger partial charge in [-0.3, -0.25) is 0 Å². The summed E-state index contributed by atoms with van der Waals surface area (Å²) in [6.07, 6.45) is 4.70. The van der Waals surface area contributed by atoms with Crippen molar-refractivity contribution in [1.82, 2.24) is 20.3 Å². The van der Waals surface area contributed by atoms with E-state index in [1.54, 1.807) is 6.20 Å². The molecule has 0 unspecified atom stereocenters. The van der Waals surface area contributed by atoms with Gasteiger partial charge in [0.2, 0.25) is 0 Å². The molecule has 0 bridgehead atoms. The third kappa shape index (κ3) is 1.01. The Morgan fingerprint density at radius 3 is 3.00 bits per heavy atom. The Labute approximate surface area is 83.6 Å². The van der Waals surface area contributed by atoms with Crippen LogP contribution >= 0.6 is 11.3 Å². The topological polar surface area (TPSA) is 65.1 Å². The first kappa shape index (κ1) is 7.57. The Morgan fingerprint density at radius 2 is 2.14 bits per heavy atom. The molecule has 1 radical (unpaired) electrons. The normalized spacial score (nSPS) is 12.6. The van der Waals surface area contributed by atoms with Gasteiger partial charge in [0.1, 0.15) is 29.1 Å². The highest BCUT2D eigenvalue weighted by Crippen LogP contribution is 2.35. The van der Waals surface area contributed by atoms with E-state index in [1.807, 2.05) is 5.38 Å². The number of aliphatic imine (C=N–C) groups is 1. The molecule has 14 heavy (non-hydrogen) atoms. The molecule has 0 aliphatic carbocycles. The zero-order valence-corrected chi connectivity index (χ0v) is 7.77. The molecule has 0 fully saturated rings. The maximum Gasteiger partial charge on any atom is 0.183 e. The summed E-state index contributed by atoms with van der Waals surface area (Å²) in [7, 11) is 0. The van der Waals surface area contributed by atoms with Crippen LogP contribution in [0.25, 0.3) is 10.7 Å². The van der Waals surface area contributed by atoms with Crippen LogP contribution in [0.5, 0.6) is 0 Å². The second kappa shape index (κ2) is 2.85. The lowest BCUT2D eigenvalue weighted by Crippen LogP contribution is -1.91. The minimum atomic E-state index is 0.616. The second-order valence-corrected chi connectivity index (χ2v) is 3.50. The average molecular weight is 202 g/mol. The molecule has 0 aromatic carbocycles. The Kier molecular flexibility index (Phi) is 1.54. The molecule has 6 heteroatoms. The van der Waals surface area contributed by atoms with Crippen LogP contribution in [0.15, 0.2) is 22.9 Å². The van der Waals surface area contributed by atoms with Gasteiger partial charge in [0.05, 0.1) is 0 Å². The largest absolute Gasteiger partial charge is 0.243 e. The van der Waals surface area contributed by atoms with Crippen molar-refractivity contribution in [2.24, 2.45) is 4.99 Å². The number of hydrogen-bond acceptors (Lipinski definition) is 5. The van der Waals surface area contributed by atoms with Crippen LogP contribution in [0, 0.1) is 0 Å². The molecular formula is C8H4N5S. The van der Waals surface area contributed by atoms with Crippen LogP contribution in [0.1, 0.15) is 0 Å². The van der Waals surface area contributed by atoms with Crippen LogP contribution in [0.2, 0.25) is 0 Å². The quantitative estimate of drug-likeness (QED) is 0.704. The molecule has 3 rings (SSSR count). The third-order valence-electron chi connectivity index (χ3n) is 1.80. The lowest BCUT2D eigenvalue weighted by atomic mass is 10.3. The summed E-state index contributed by atoms with van der Waals surface area (Å²) in [4.78, 5) is 16.4. The van der Waals surface area contributed by atoms with Crippen LogP contribution in [0.3, 0.4) is 0 Å². The van der Waals surface area contributed by atoms with E-state index < -0.39 is 0 Å². The molecule has 0 amide bonds. The predicted octanol–water partition coefficient (Wildman–Crippen LogP) is 1.51. The number of hydrogen-bond donors (Lipinski definition) is 0. The number of rotatable bonds is 1. The Morgan fingerprint density at radius 1 is 1.14 bits per heavy atom. The molecule has 1 aliphatic rings. The molecule has 2 aromatic rings. The van der Waals surface area contributed by atoms with Gasteiger partial charge in [-0.2, -0.15) is 0 Å². The molecule has 1 aliphatic heterocycles. The highest BCUT2D eigenvalue weighted by atomic mass is 32.1. The predicted molar refractivity (Wildman–Crippen MR) is 53.1 cm³/mol. The Bertz CT molecular complexity index is 490. The summed E-state index contributed by atoms with van der Waals surface area (Å²) in [5, 5.41) is 6.75. The van der Waals surface area contributed by atoms with Crippen molar-refractivity contribution in [3.63, 3.8) is 0 Å². The lowest BCUT2D eigenvalue weighted by molar-refractivity contribution is 1.12. The maximum atomic E-state index is 4.18. The van der Waals surface area contributed by atoms with Crippen LogP contribution in [-0.4, -0.2) is 21.3 Å².